The number of alkyl halides is 1. The van der Waals surface area contributed by atoms with Crippen molar-refractivity contribution in [3.05, 3.63) is 38.8 Å². The fraction of sp³-hybridized carbons (Fsp3) is 0.333. The second-order valence-electron chi connectivity index (χ2n) is 2.99. The van der Waals surface area contributed by atoms with Crippen LogP contribution in [-0.4, -0.2) is 22.1 Å². The number of carbonyl (C=O) groups is 1. The molecule has 1 aromatic rings. The Kier molecular flexibility index (Phi) is 3.91. The summed E-state index contributed by atoms with van der Waals surface area (Å²) in [6, 6.07) is 0.809. The predicted octanol–water partition coefficient (Wildman–Crippen LogP) is 0.788. The van der Waals surface area contributed by atoms with Crippen molar-refractivity contribution >= 4 is 11.7 Å². The van der Waals surface area contributed by atoms with Crippen molar-refractivity contribution in [1.82, 2.24) is 4.57 Å². The van der Waals surface area contributed by atoms with Crippen molar-refractivity contribution in [2.75, 3.05) is 6.61 Å². The molecule has 0 spiro atoms. The summed E-state index contributed by atoms with van der Waals surface area (Å²) < 4.78 is 18.5. The number of ether oxygens (including phenoxy) is 1. The third-order valence-corrected chi connectivity index (χ3v) is 1.86. The van der Waals surface area contributed by atoms with Gasteiger partial charge in [-0.15, -0.1) is 0 Å². The van der Waals surface area contributed by atoms with E-state index >= 15 is 0 Å². The van der Waals surface area contributed by atoms with Crippen molar-refractivity contribution in [3.8, 4) is 0 Å². The molecule has 0 N–H and O–H groups in total. The van der Waals surface area contributed by atoms with Gasteiger partial charge in [-0.1, -0.05) is 0 Å². The largest absolute Gasteiger partial charge is 0.462 e. The van der Waals surface area contributed by atoms with E-state index in [0.717, 1.165) is 12.3 Å². The number of nitro groups is 1. The van der Waals surface area contributed by atoms with Crippen LogP contribution < -0.4 is 5.43 Å². The van der Waals surface area contributed by atoms with Crippen LogP contribution in [0.15, 0.2) is 23.3 Å². The summed E-state index contributed by atoms with van der Waals surface area (Å²) in [5.74, 6) is -1.18. The molecule has 0 amide bonds. The smallest absolute Gasteiger partial charge is 0.362 e. The molecular formula is C9H9FN2O5. The van der Waals surface area contributed by atoms with E-state index in [2.05, 4.69) is 4.74 Å². The minimum Gasteiger partial charge on any atom is -0.462 e. The quantitative estimate of drug-likeness (QED) is 0.443. The Balaban J connectivity index is 3.07. The molecule has 1 rings (SSSR count). The molecule has 0 bridgehead atoms. The highest BCUT2D eigenvalue weighted by molar-refractivity contribution is 5.72. The summed E-state index contributed by atoms with van der Waals surface area (Å²) in [6.07, 6.45) is -0.616. The van der Waals surface area contributed by atoms with Gasteiger partial charge in [0.15, 0.2) is 0 Å². The van der Waals surface area contributed by atoms with Crippen LogP contribution in [0.2, 0.25) is 0 Å². The molecule has 7 nitrogen and oxygen atoms in total. The van der Waals surface area contributed by atoms with Crippen LogP contribution in [0.1, 0.15) is 13.2 Å². The average molecular weight is 244 g/mol. The molecule has 0 aliphatic heterocycles. The maximum absolute atomic E-state index is 13.5. The van der Waals surface area contributed by atoms with E-state index in [1.165, 1.54) is 6.92 Å². The maximum Gasteiger partial charge on any atom is 0.362 e. The molecule has 92 valence electrons. The maximum atomic E-state index is 13.5. The fourth-order valence-electron chi connectivity index (χ4n) is 1.10. The summed E-state index contributed by atoms with van der Waals surface area (Å²) in [5, 5.41) is 10.4. The first-order valence-electron chi connectivity index (χ1n) is 4.64. The van der Waals surface area contributed by atoms with Gasteiger partial charge in [-0.25, -0.2) is 9.18 Å². The van der Waals surface area contributed by atoms with Crippen molar-refractivity contribution in [2.45, 2.75) is 13.2 Å². The normalized spacial score (nSPS) is 11.9. The molecule has 1 atom stereocenters. The predicted molar refractivity (Wildman–Crippen MR) is 54.1 cm³/mol. The summed E-state index contributed by atoms with van der Waals surface area (Å²) >= 11 is 0. The monoisotopic (exact) mass is 244 g/mol. The van der Waals surface area contributed by atoms with Gasteiger partial charge in [-0.2, -0.15) is 0 Å². The van der Waals surface area contributed by atoms with Gasteiger partial charge < -0.3 is 9.30 Å². The van der Waals surface area contributed by atoms with Crippen LogP contribution in [0.3, 0.4) is 0 Å². The van der Waals surface area contributed by atoms with Gasteiger partial charge in [0.05, 0.1) is 17.7 Å². The SMILES string of the molecule is CCOC(=O)C(F)n1ccc(=O)c([N+](=O)[O-])c1. The molecule has 0 saturated heterocycles. The molecule has 0 saturated carbocycles. The Morgan fingerprint density at radius 3 is 2.88 bits per heavy atom. The summed E-state index contributed by atoms with van der Waals surface area (Å²) in [5.41, 5.74) is -1.67. The minimum absolute atomic E-state index is 0.0124. The van der Waals surface area contributed by atoms with Crippen molar-refractivity contribution in [2.24, 2.45) is 0 Å². The third kappa shape index (κ3) is 2.86. The Labute approximate surface area is 94.6 Å². The Bertz CT molecular complexity index is 498. The van der Waals surface area contributed by atoms with Gasteiger partial charge >= 0.3 is 11.7 Å². The van der Waals surface area contributed by atoms with Gasteiger partial charge in [0.2, 0.25) is 0 Å². The first kappa shape index (κ1) is 12.8. The van der Waals surface area contributed by atoms with Gasteiger partial charge in [-0.3, -0.25) is 14.9 Å². The summed E-state index contributed by atoms with van der Waals surface area (Å²) in [7, 11) is 0. The first-order chi connectivity index (χ1) is 7.97. The molecule has 1 unspecified atom stereocenters. The van der Waals surface area contributed by atoms with Crippen LogP contribution in [0, 0.1) is 10.1 Å². The van der Waals surface area contributed by atoms with E-state index in [4.69, 9.17) is 0 Å². The standard InChI is InChI=1S/C9H9FN2O5/c1-2-17-9(14)8(10)11-4-3-7(13)6(5-11)12(15)16/h3-5,8H,2H2,1H3. The van der Waals surface area contributed by atoms with Crippen LogP contribution >= 0.6 is 0 Å². The second-order valence-corrected chi connectivity index (χ2v) is 2.99. The van der Waals surface area contributed by atoms with E-state index in [1.54, 1.807) is 0 Å². The first-order valence-corrected chi connectivity index (χ1v) is 4.64. The molecule has 1 aromatic heterocycles. The van der Waals surface area contributed by atoms with E-state index < -0.39 is 28.3 Å². The number of pyridine rings is 1. The molecule has 0 aliphatic carbocycles. The van der Waals surface area contributed by atoms with E-state index in [9.17, 15) is 24.1 Å². The lowest BCUT2D eigenvalue weighted by Gasteiger charge is -2.10. The number of hydrogen-bond donors (Lipinski definition) is 0. The lowest BCUT2D eigenvalue weighted by Crippen LogP contribution is -2.20. The highest BCUT2D eigenvalue weighted by Gasteiger charge is 2.22. The van der Waals surface area contributed by atoms with Crippen molar-refractivity contribution in [3.63, 3.8) is 0 Å². The Hall–Kier alpha value is -2.25. The van der Waals surface area contributed by atoms with E-state index in [0.29, 0.717) is 10.8 Å². The fourth-order valence-corrected chi connectivity index (χ4v) is 1.10. The van der Waals surface area contributed by atoms with Gasteiger partial charge in [0.25, 0.3) is 11.7 Å². The highest BCUT2D eigenvalue weighted by atomic mass is 19.1. The van der Waals surface area contributed by atoms with E-state index in [1.807, 2.05) is 0 Å². The van der Waals surface area contributed by atoms with Crippen LogP contribution in [0.5, 0.6) is 0 Å². The number of esters is 1. The second kappa shape index (κ2) is 5.19. The van der Waals surface area contributed by atoms with Gasteiger partial charge in [-0.05, 0) is 6.92 Å². The molecular weight excluding hydrogens is 235 g/mol. The Morgan fingerprint density at radius 1 is 1.71 bits per heavy atom. The summed E-state index contributed by atoms with van der Waals surface area (Å²) in [4.78, 5) is 31.6. The lowest BCUT2D eigenvalue weighted by atomic mass is 10.4. The topological polar surface area (TPSA) is 91.4 Å². The van der Waals surface area contributed by atoms with Crippen molar-refractivity contribution < 1.29 is 18.8 Å². The average Bonchev–Trinajstić information content (AvgIpc) is 2.28. The minimum atomic E-state index is -2.21. The molecule has 8 heteroatoms. The zero-order valence-electron chi connectivity index (χ0n) is 8.83. The van der Waals surface area contributed by atoms with Gasteiger partial charge in [0, 0.05) is 12.3 Å². The van der Waals surface area contributed by atoms with Crippen molar-refractivity contribution in [1.29, 1.82) is 0 Å². The lowest BCUT2D eigenvalue weighted by molar-refractivity contribution is -0.386. The van der Waals surface area contributed by atoms with Gasteiger partial charge in [0.1, 0.15) is 0 Å². The zero-order valence-corrected chi connectivity index (χ0v) is 8.83. The number of hydrogen-bond acceptors (Lipinski definition) is 5. The third-order valence-electron chi connectivity index (χ3n) is 1.86. The number of aromatic nitrogens is 1. The zero-order chi connectivity index (χ0) is 13.0. The van der Waals surface area contributed by atoms with Crippen LogP contribution in [0.25, 0.3) is 0 Å². The number of halogens is 1. The Morgan fingerprint density at radius 2 is 2.35 bits per heavy atom. The molecule has 0 fully saturated rings. The molecule has 0 aromatic carbocycles. The number of carbonyl (C=O) groups excluding carboxylic acids is 1. The molecule has 0 radical (unpaired) electrons. The number of rotatable bonds is 4. The molecule has 17 heavy (non-hydrogen) atoms. The number of nitrogens with zero attached hydrogens (tertiary/aromatic N) is 2. The summed E-state index contributed by atoms with van der Waals surface area (Å²) in [6.45, 7) is 1.49. The molecule has 0 aliphatic rings. The molecule has 1 heterocycles. The van der Waals surface area contributed by atoms with E-state index in [-0.39, 0.29) is 6.61 Å². The van der Waals surface area contributed by atoms with Crippen LogP contribution in [0.4, 0.5) is 10.1 Å². The highest BCUT2D eigenvalue weighted by Crippen LogP contribution is 2.12. The van der Waals surface area contributed by atoms with Crippen LogP contribution in [-0.2, 0) is 9.53 Å².